The van der Waals surface area contributed by atoms with Crippen LogP contribution in [0.3, 0.4) is 0 Å². The van der Waals surface area contributed by atoms with Crippen LogP contribution in [0.15, 0.2) is 56.8 Å². The van der Waals surface area contributed by atoms with Gasteiger partial charge in [-0.3, -0.25) is 9.78 Å². The number of nitriles is 1. The zero-order chi connectivity index (χ0) is 21.7. The van der Waals surface area contributed by atoms with E-state index in [9.17, 15) is 10.1 Å². The van der Waals surface area contributed by atoms with Crippen LogP contribution in [-0.4, -0.2) is 22.3 Å². The van der Waals surface area contributed by atoms with Gasteiger partial charge < -0.3 is 4.74 Å². The molecule has 0 aliphatic rings. The van der Waals surface area contributed by atoms with Gasteiger partial charge in [0.15, 0.2) is 0 Å². The minimum atomic E-state index is -0.537. The number of benzene rings is 2. The molecule has 2 N–H and O–H groups in total. The lowest BCUT2D eigenvalue weighted by atomic mass is 10.1. The molecule has 0 bridgehead atoms. The second-order valence-electron chi connectivity index (χ2n) is 6.46. The summed E-state index contributed by atoms with van der Waals surface area (Å²) in [6, 6.07) is 14.8. The smallest absolute Gasteiger partial charge is 0.270 e. The summed E-state index contributed by atoms with van der Waals surface area (Å²) in [5.74, 6) is 0.843. The fourth-order valence-corrected chi connectivity index (χ4v) is 4.31. The van der Waals surface area contributed by atoms with Gasteiger partial charge >= 0.3 is 0 Å². The second kappa shape index (κ2) is 9.86. The molecule has 7 nitrogen and oxygen atoms in total. The fraction of sp³-hybridized carbons (Fsp3) is 0.143. The van der Waals surface area contributed by atoms with E-state index in [0.29, 0.717) is 17.0 Å². The number of hydrazone groups is 1. The Balaban J connectivity index is 1.94. The molecule has 0 unspecified atom stereocenters. The Labute approximate surface area is 195 Å². The van der Waals surface area contributed by atoms with E-state index < -0.39 is 5.56 Å². The number of halogens is 2. The Morgan fingerprint density at radius 3 is 2.73 bits per heavy atom. The highest BCUT2D eigenvalue weighted by Gasteiger charge is 2.13. The SMILES string of the molecule is CC(C)Oc1c(I)cc(Br)cc1C=NNc1nc(-c2ccccc2)c(C#N)c(=O)[nH]1. The largest absolute Gasteiger partial charge is 0.489 e. The van der Waals surface area contributed by atoms with Gasteiger partial charge in [-0.2, -0.15) is 10.4 Å². The van der Waals surface area contributed by atoms with Crippen molar-refractivity contribution in [3.8, 4) is 23.1 Å². The number of rotatable bonds is 6. The molecule has 9 heteroatoms. The highest BCUT2D eigenvalue weighted by Crippen LogP contribution is 2.29. The molecule has 3 rings (SSSR count). The van der Waals surface area contributed by atoms with Crippen molar-refractivity contribution < 1.29 is 4.74 Å². The first-order chi connectivity index (χ1) is 14.4. The molecule has 0 aliphatic carbocycles. The summed E-state index contributed by atoms with van der Waals surface area (Å²) in [5, 5.41) is 13.6. The Morgan fingerprint density at radius 1 is 1.33 bits per heavy atom. The molecule has 0 aliphatic heterocycles. The summed E-state index contributed by atoms with van der Waals surface area (Å²) in [5.41, 5.74) is 3.87. The van der Waals surface area contributed by atoms with Gasteiger partial charge in [0, 0.05) is 15.6 Å². The normalized spacial score (nSPS) is 10.9. The van der Waals surface area contributed by atoms with Crippen LogP contribution >= 0.6 is 38.5 Å². The zero-order valence-corrected chi connectivity index (χ0v) is 19.9. The van der Waals surface area contributed by atoms with Crippen molar-refractivity contribution in [2.24, 2.45) is 5.10 Å². The van der Waals surface area contributed by atoms with Gasteiger partial charge in [0.05, 0.1) is 21.6 Å². The Morgan fingerprint density at radius 2 is 2.07 bits per heavy atom. The number of nitrogens with zero attached hydrogens (tertiary/aromatic N) is 3. The van der Waals surface area contributed by atoms with Crippen LogP contribution < -0.4 is 15.7 Å². The van der Waals surface area contributed by atoms with Gasteiger partial charge in [0.25, 0.3) is 5.56 Å². The third-order valence-corrected chi connectivity index (χ3v) is 5.10. The van der Waals surface area contributed by atoms with Crippen LogP contribution in [0, 0.1) is 14.9 Å². The zero-order valence-electron chi connectivity index (χ0n) is 16.1. The second-order valence-corrected chi connectivity index (χ2v) is 8.54. The first-order valence-corrected chi connectivity index (χ1v) is 10.8. The average molecular weight is 578 g/mol. The molecule has 30 heavy (non-hydrogen) atoms. The quantitative estimate of drug-likeness (QED) is 0.246. The third-order valence-electron chi connectivity index (χ3n) is 3.84. The van der Waals surface area contributed by atoms with Crippen LogP contribution in [-0.2, 0) is 0 Å². The highest BCUT2D eigenvalue weighted by molar-refractivity contribution is 14.1. The van der Waals surface area contributed by atoms with E-state index in [4.69, 9.17) is 4.74 Å². The van der Waals surface area contributed by atoms with Crippen molar-refractivity contribution in [3.63, 3.8) is 0 Å². The number of hydrogen-bond donors (Lipinski definition) is 2. The topological polar surface area (TPSA) is 103 Å². The van der Waals surface area contributed by atoms with Crippen LogP contribution in [0.5, 0.6) is 5.75 Å². The molecule has 0 fully saturated rings. The molecule has 0 radical (unpaired) electrons. The van der Waals surface area contributed by atoms with Crippen molar-refractivity contribution in [2.45, 2.75) is 20.0 Å². The van der Waals surface area contributed by atoms with E-state index in [0.717, 1.165) is 13.6 Å². The number of aromatic nitrogens is 2. The third kappa shape index (κ3) is 5.25. The molecule has 0 saturated heterocycles. The molecular weight excluding hydrogens is 561 g/mol. The maximum atomic E-state index is 12.3. The Hall–Kier alpha value is -2.71. The molecule has 1 aromatic heterocycles. The number of nitrogens with one attached hydrogen (secondary N) is 2. The minimum absolute atomic E-state index is 0.00442. The maximum Gasteiger partial charge on any atom is 0.270 e. The number of ether oxygens (including phenoxy) is 1. The molecule has 0 amide bonds. The van der Waals surface area contributed by atoms with E-state index in [1.807, 2.05) is 50.2 Å². The molecule has 0 saturated carbocycles. The van der Waals surface area contributed by atoms with Gasteiger partial charge in [-0.15, -0.1) is 0 Å². The molecule has 0 spiro atoms. The van der Waals surface area contributed by atoms with Crippen molar-refractivity contribution in [1.29, 1.82) is 5.26 Å². The number of hydrogen-bond acceptors (Lipinski definition) is 6. The highest BCUT2D eigenvalue weighted by atomic mass is 127. The molecule has 1 heterocycles. The molecule has 2 aromatic carbocycles. The van der Waals surface area contributed by atoms with Crippen molar-refractivity contribution in [2.75, 3.05) is 5.43 Å². The molecule has 152 valence electrons. The summed E-state index contributed by atoms with van der Waals surface area (Å²) in [4.78, 5) is 19.2. The Bertz CT molecular complexity index is 1190. The summed E-state index contributed by atoms with van der Waals surface area (Å²) >= 11 is 5.68. The van der Waals surface area contributed by atoms with E-state index >= 15 is 0 Å². The first-order valence-electron chi connectivity index (χ1n) is 8.93. The van der Waals surface area contributed by atoms with Crippen LogP contribution in [0.1, 0.15) is 25.0 Å². The monoisotopic (exact) mass is 577 g/mol. The molecule has 3 aromatic rings. The van der Waals surface area contributed by atoms with Crippen LogP contribution in [0.4, 0.5) is 5.95 Å². The van der Waals surface area contributed by atoms with Gasteiger partial charge in [0.2, 0.25) is 5.95 Å². The van der Waals surface area contributed by atoms with E-state index in [2.05, 4.69) is 59.0 Å². The fourth-order valence-electron chi connectivity index (χ4n) is 2.63. The lowest BCUT2D eigenvalue weighted by molar-refractivity contribution is 0.240. The summed E-state index contributed by atoms with van der Waals surface area (Å²) < 4.78 is 7.73. The number of aromatic amines is 1. The predicted molar refractivity (Wildman–Crippen MR) is 129 cm³/mol. The lowest BCUT2D eigenvalue weighted by Gasteiger charge is -2.14. The van der Waals surface area contributed by atoms with Crippen molar-refractivity contribution >= 4 is 50.7 Å². The van der Waals surface area contributed by atoms with Crippen LogP contribution in [0.2, 0.25) is 0 Å². The lowest BCUT2D eigenvalue weighted by Crippen LogP contribution is -2.16. The van der Waals surface area contributed by atoms with Gasteiger partial charge in [-0.25, -0.2) is 10.4 Å². The van der Waals surface area contributed by atoms with Crippen LogP contribution in [0.25, 0.3) is 11.3 Å². The van der Waals surface area contributed by atoms with Gasteiger partial charge in [0.1, 0.15) is 17.4 Å². The summed E-state index contributed by atoms with van der Waals surface area (Å²) in [6.45, 7) is 3.90. The number of anilines is 1. The standard InChI is InChI=1S/C21H17BrIN5O2/c1-12(2)30-19-14(8-15(22)9-17(19)23)11-25-28-21-26-18(13-6-4-3-5-7-13)16(10-24)20(29)27-21/h3-9,11-12H,1-2H3,(H2,26,27,28,29). The van der Waals surface area contributed by atoms with Gasteiger partial charge in [-0.05, 0) is 48.6 Å². The molecule has 0 atom stereocenters. The Kier molecular flexibility index (Phi) is 7.23. The summed E-state index contributed by atoms with van der Waals surface area (Å²) in [7, 11) is 0. The predicted octanol–water partition coefficient (Wildman–Crippen LogP) is 4.91. The average Bonchev–Trinajstić information content (AvgIpc) is 2.70. The van der Waals surface area contributed by atoms with E-state index in [1.54, 1.807) is 18.3 Å². The molecular formula is C21H17BrIN5O2. The number of H-pyrrole nitrogens is 1. The minimum Gasteiger partial charge on any atom is -0.489 e. The van der Waals surface area contributed by atoms with Crippen molar-refractivity contribution in [1.82, 2.24) is 9.97 Å². The maximum absolute atomic E-state index is 12.3. The van der Waals surface area contributed by atoms with E-state index in [1.165, 1.54) is 0 Å². The van der Waals surface area contributed by atoms with Crippen molar-refractivity contribution in [3.05, 3.63) is 72.0 Å². The summed E-state index contributed by atoms with van der Waals surface area (Å²) in [6.07, 6.45) is 1.59. The van der Waals surface area contributed by atoms with E-state index in [-0.39, 0.29) is 17.6 Å². The van der Waals surface area contributed by atoms with Gasteiger partial charge in [-0.1, -0.05) is 46.3 Å². The first kappa shape index (κ1) is 22.0.